The summed E-state index contributed by atoms with van der Waals surface area (Å²) in [5.41, 5.74) is 0.919. The van der Waals surface area contributed by atoms with Crippen molar-refractivity contribution >= 4 is 11.0 Å². The van der Waals surface area contributed by atoms with Crippen molar-refractivity contribution in [2.75, 3.05) is 0 Å². The zero-order valence-corrected chi connectivity index (χ0v) is 11.7. The summed E-state index contributed by atoms with van der Waals surface area (Å²) in [6, 6.07) is 10.1. The van der Waals surface area contributed by atoms with E-state index in [0.29, 0.717) is 0 Å². The van der Waals surface area contributed by atoms with Crippen LogP contribution in [0.15, 0.2) is 28.7 Å². The van der Waals surface area contributed by atoms with Gasteiger partial charge in [-0.05, 0) is 25.8 Å². The summed E-state index contributed by atoms with van der Waals surface area (Å²) < 4.78 is 5.73. The predicted molar refractivity (Wildman–Crippen MR) is 77.0 cm³/mol. The molecule has 1 aliphatic rings. The number of rotatable bonds is 2. The fourth-order valence-electron chi connectivity index (χ4n) is 3.43. The molecular weight excluding hydrogens is 250 g/mol. The van der Waals surface area contributed by atoms with Gasteiger partial charge in [-0.3, -0.25) is 0 Å². The molecule has 1 heterocycles. The van der Waals surface area contributed by atoms with Crippen LogP contribution < -0.4 is 0 Å². The van der Waals surface area contributed by atoms with E-state index in [0.717, 1.165) is 54.4 Å². The van der Waals surface area contributed by atoms with Crippen LogP contribution in [0, 0.1) is 23.7 Å². The lowest BCUT2D eigenvalue weighted by molar-refractivity contribution is 0.0358. The van der Waals surface area contributed by atoms with Gasteiger partial charge in [0.1, 0.15) is 17.4 Å². The maximum absolute atomic E-state index is 10.9. The highest BCUT2D eigenvalue weighted by Gasteiger charge is 2.42. The number of fused-ring (bicyclic) bond motifs is 1. The van der Waals surface area contributed by atoms with Crippen molar-refractivity contribution < 1.29 is 9.52 Å². The fraction of sp³-hybridized carbons (Fsp3) is 0.471. The van der Waals surface area contributed by atoms with Gasteiger partial charge in [-0.2, -0.15) is 5.26 Å². The summed E-state index contributed by atoms with van der Waals surface area (Å²) in [4.78, 5) is 0. The number of nitriles is 1. The highest BCUT2D eigenvalue weighted by atomic mass is 16.3. The number of aryl methyl sites for hydroxylation is 1. The number of aliphatic hydroxyl groups is 1. The molecule has 1 saturated carbocycles. The molecule has 0 saturated heterocycles. The molecule has 104 valence electrons. The summed E-state index contributed by atoms with van der Waals surface area (Å²) in [6.45, 7) is 1.87. The van der Waals surface area contributed by atoms with Crippen molar-refractivity contribution in [1.82, 2.24) is 0 Å². The van der Waals surface area contributed by atoms with Crippen LogP contribution in [0.3, 0.4) is 0 Å². The van der Waals surface area contributed by atoms with Gasteiger partial charge in [0.2, 0.25) is 0 Å². The zero-order chi connectivity index (χ0) is 14.2. The van der Waals surface area contributed by atoms with Crippen molar-refractivity contribution in [3.05, 3.63) is 35.6 Å². The Morgan fingerprint density at radius 1 is 1.25 bits per heavy atom. The molecule has 0 bridgehead atoms. The van der Waals surface area contributed by atoms with Crippen LogP contribution in [-0.4, -0.2) is 5.11 Å². The zero-order valence-electron chi connectivity index (χ0n) is 11.7. The maximum Gasteiger partial charge on any atom is 0.134 e. The van der Waals surface area contributed by atoms with Crippen molar-refractivity contribution in [3.63, 3.8) is 0 Å². The second-order valence-electron chi connectivity index (χ2n) is 5.80. The molecule has 1 aliphatic carbocycles. The van der Waals surface area contributed by atoms with Gasteiger partial charge < -0.3 is 9.52 Å². The SMILES string of the molecule is Cc1oc2ccccc2c1C(O)C1(C#N)CCCCC1. The van der Waals surface area contributed by atoms with Crippen LogP contribution in [-0.2, 0) is 0 Å². The molecule has 1 aromatic heterocycles. The van der Waals surface area contributed by atoms with Crippen LogP contribution >= 0.6 is 0 Å². The third-order valence-electron chi connectivity index (χ3n) is 4.58. The van der Waals surface area contributed by atoms with Crippen LogP contribution in [0.4, 0.5) is 0 Å². The van der Waals surface area contributed by atoms with Gasteiger partial charge >= 0.3 is 0 Å². The number of hydrogen-bond donors (Lipinski definition) is 1. The Bertz CT molecular complexity index is 659. The molecule has 1 fully saturated rings. The summed E-state index contributed by atoms with van der Waals surface area (Å²) in [7, 11) is 0. The molecule has 1 aromatic carbocycles. The van der Waals surface area contributed by atoms with Gasteiger partial charge in [0.25, 0.3) is 0 Å². The third kappa shape index (κ3) is 1.92. The fourth-order valence-corrected chi connectivity index (χ4v) is 3.43. The van der Waals surface area contributed by atoms with Gasteiger partial charge in [-0.25, -0.2) is 0 Å². The van der Waals surface area contributed by atoms with Crippen molar-refractivity contribution in [3.8, 4) is 6.07 Å². The van der Waals surface area contributed by atoms with E-state index in [-0.39, 0.29) is 0 Å². The molecule has 1 unspecified atom stereocenters. The molecule has 0 aliphatic heterocycles. The second kappa shape index (κ2) is 4.96. The highest BCUT2D eigenvalue weighted by Crippen LogP contribution is 2.48. The number of aliphatic hydroxyl groups excluding tert-OH is 1. The molecule has 0 radical (unpaired) electrons. The third-order valence-corrected chi connectivity index (χ3v) is 4.58. The summed E-state index contributed by atoms with van der Waals surface area (Å²) in [6.07, 6.45) is 3.95. The number of para-hydroxylation sites is 1. The Labute approximate surface area is 118 Å². The number of nitrogens with zero attached hydrogens (tertiary/aromatic N) is 1. The molecule has 1 N–H and O–H groups in total. The molecule has 0 spiro atoms. The average molecular weight is 269 g/mol. The van der Waals surface area contributed by atoms with Crippen LogP contribution in [0.1, 0.15) is 49.5 Å². The Morgan fingerprint density at radius 2 is 1.95 bits per heavy atom. The lowest BCUT2D eigenvalue weighted by Crippen LogP contribution is -2.30. The lowest BCUT2D eigenvalue weighted by atomic mass is 9.69. The van der Waals surface area contributed by atoms with Gasteiger partial charge in [0, 0.05) is 10.9 Å². The summed E-state index contributed by atoms with van der Waals surface area (Å²) in [5, 5.41) is 21.4. The summed E-state index contributed by atoms with van der Waals surface area (Å²) >= 11 is 0. The van der Waals surface area contributed by atoms with E-state index in [4.69, 9.17) is 4.42 Å². The van der Waals surface area contributed by atoms with Gasteiger partial charge in [-0.1, -0.05) is 37.5 Å². The normalized spacial score (nSPS) is 19.6. The minimum atomic E-state index is -0.767. The monoisotopic (exact) mass is 269 g/mol. The van der Waals surface area contributed by atoms with Gasteiger partial charge in [0.15, 0.2) is 0 Å². The molecule has 1 atom stereocenters. The van der Waals surface area contributed by atoms with Crippen LogP contribution in [0.2, 0.25) is 0 Å². The first kappa shape index (κ1) is 13.2. The van der Waals surface area contributed by atoms with E-state index in [2.05, 4.69) is 6.07 Å². The van der Waals surface area contributed by atoms with E-state index < -0.39 is 11.5 Å². The Morgan fingerprint density at radius 3 is 2.65 bits per heavy atom. The van der Waals surface area contributed by atoms with E-state index in [1.54, 1.807) is 0 Å². The van der Waals surface area contributed by atoms with Crippen molar-refractivity contribution in [1.29, 1.82) is 5.26 Å². The standard InChI is InChI=1S/C17H19NO2/c1-12-15(13-7-3-4-8-14(13)20-12)16(19)17(11-18)9-5-2-6-10-17/h3-4,7-8,16,19H,2,5-6,9-10H2,1H3. The van der Waals surface area contributed by atoms with Crippen LogP contribution in [0.25, 0.3) is 11.0 Å². The Balaban J connectivity index is 2.10. The van der Waals surface area contributed by atoms with E-state index in [1.165, 1.54) is 0 Å². The molecule has 20 heavy (non-hydrogen) atoms. The topological polar surface area (TPSA) is 57.2 Å². The molecule has 0 amide bonds. The van der Waals surface area contributed by atoms with Gasteiger partial charge in [-0.15, -0.1) is 0 Å². The molecule has 3 heteroatoms. The van der Waals surface area contributed by atoms with E-state index >= 15 is 0 Å². The first-order valence-electron chi connectivity index (χ1n) is 7.25. The number of benzene rings is 1. The molecular formula is C17H19NO2. The van der Waals surface area contributed by atoms with Crippen molar-refractivity contribution in [2.24, 2.45) is 5.41 Å². The van der Waals surface area contributed by atoms with Crippen LogP contribution in [0.5, 0.6) is 0 Å². The lowest BCUT2D eigenvalue weighted by Gasteiger charge is -2.35. The maximum atomic E-state index is 10.9. The largest absolute Gasteiger partial charge is 0.461 e. The predicted octanol–water partition coefficient (Wildman–Crippen LogP) is 4.25. The minimum absolute atomic E-state index is 0.657. The molecule has 2 aromatic rings. The minimum Gasteiger partial charge on any atom is -0.461 e. The van der Waals surface area contributed by atoms with E-state index in [1.807, 2.05) is 31.2 Å². The Kier molecular flexibility index (Phi) is 3.27. The quantitative estimate of drug-likeness (QED) is 0.886. The van der Waals surface area contributed by atoms with E-state index in [9.17, 15) is 10.4 Å². The number of furan rings is 1. The Hall–Kier alpha value is -1.79. The number of hydrogen-bond acceptors (Lipinski definition) is 3. The second-order valence-corrected chi connectivity index (χ2v) is 5.80. The first-order chi connectivity index (χ1) is 9.68. The first-order valence-corrected chi connectivity index (χ1v) is 7.25. The van der Waals surface area contributed by atoms with Crippen molar-refractivity contribution in [2.45, 2.75) is 45.1 Å². The molecule has 3 nitrogen and oxygen atoms in total. The average Bonchev–Trinajstić information content (AvgIpc) is 2.83. The smallest absolute Gasteiger partial charge is 0.134 e. The molecule has 3 rings (SSSR count). The summed E-state index contributed by atoms with van der Waals surface area (Å²) in [5.74, 6) is 0.721. The van der Waals surface area contributed by atoms with Gasteiger partial charge in [0.05, 0.1) is 11.5 Å². The highest BCUT2D eigenvalue weighted by molar-refractivity contribution is 5.82.